The molecule has 0 spiro atoms. The number of aromatic nitrogens is 2. The van der Waals surface area contributed by atoms with Gasteiger partial charge in [0, 0.05) is 7.05 Å². The molecule has 1 saturated heterocycles. The molecule has 1 unspecified atom stereocenters. The van der Waals surface area contributed by atoms with Gasteiger partial charge in [0.2, 0.25) is 0 Å². The number of nitrogens with one attached hydrogen (secondary N) is 1. The van der Waals surface area contributed by atoms with Gasteiger partial charge in [-0.1, -0.05) is 6.07 Å². The van der Waals surface area contributed by atoms with Crippen LogP contribution >= 0.6 is 0 Å². The van der Waals surface area contributed by atoms with Crippen LogP contribution in [0.25, 0.3) is 11.0 Å². The third-order valence-electron chi connectivity index (χ3n) is 3.72. The Morgan fingerprint density at radius 3 is 2.94 bits per heavy atom. The van der Waals surface area contributed by atoms with Gasteiger partial charge in [0.1, 0.15) is 11.3 Å². The van der Waals surface area contributed by atoms with E-state index in [1.807, 2.05) is 17.7 Å². The summed E-state index contributed by atoms with van der Waals surface area (Å²) in [6.45, 7) is 3.14. The van der Waals surface area contributed by atoms with Gasteiger partial charge < -0.3 is 9.88 Å². The number of halogens is 1. The minimum atomic E-state index is -0.244. The Kier molecular flexibility index (Phi) is 2.23. The van der Waals surface area contributed by atoms with Gasteiger partial charge in [0.25, 0.3) is 0 Å². The molecule has 0 saturated carbocycles. The molecule has 1 fully saturated rings. The summed E-state index contributed by atoms with van der Waals surface area (Å²) >= 11 is 0. The van der Waals surface area contributed by atoms with E-state index in [4.69, 9.17) is 0 Å². The molecule has 0 bridgehead atoms. The Balaban J connectivity index is 2.24. The number of aryl methyl sites for hydroxylation is 1. The minimum Gasteiger partial charge on any atom is -0.329 e. The summed E-state index contributed by atoms with van der Waals surface area (Å²) in [5, 5.41) is 3.46. The maximum atomic E-state index is 13.7. The van der Waals surface area contributed by atoms with E-state index in [1.54, 1.807) is 6.07 Å². The SMILES string of the molecule is Cn1c(C2(C)CCCN2)nc2c(F)cccc21. The van der Waals surface area contributed by atoms with Gasteiger partial charge in [-0.25, -0.2) is 9.37 Å². The standard InChI is InChI=1S/C13H16FN3/c1-13(7-4-8-15-13)12-16-11-9(14)5-3-6-10(11)17(12)2/h3,5-6,15H,4,7-8H2,1-2H3. The number of para-hydroxylation sites is 1. The van der Waals surface area contributed by atoms with Crippen LogP contribution in [0.5, 0.6) is 0 Å². The second kappa shape index (κ2) is 3.53. The second-order valence-electron chi connectivity index (χ2n) is 4.96. The maximum Gasteiger partial charge on any atom is 0.151 e. The average Bonchev–Trinajstić information content (AvgIpc) is 2.87. The average molecular weight is 233 g/mol. The van der Waals surface area contributed by atoms with E-state index in [1.165, 1.54) is 6.07 Å². The summed E-state index contributed by atoms with van der Waals surface area (Å²) in [5.41, 5.74) is 1.20. The normalized spacial score (nSPS) is 24.6. The Bertz CT molecular complexity index is 567. The van der Waals surface area contributed by atoms with Crippen molar-refractivity contribution >= 4 is 11.0 Å². The van der Waals surface area contributed by atoms with Crippen molar-refractivity contribution in [2.24, 2.45) is 7.05 Å². The number of nitrogens with zero attached hydrogens (tertiary/aromatic N) is 2. The molecule has 1 aromatic heterocycles. The monoisotopic (exact) mass is 233 g/mol. The Morgan fingerprint density at radius 2 is 2.29 bits per heavy atom. The smallest absolute Gasteiger partial charge is 0.151 e. The van der Waals surface area contributed by atoms with Crippen molar-refractivity contribution in [1.29, 1.82) is 0 Å². The van der Waals surface area contributed by atoms with Gasteiger partial charge in [-0.15, -0.1) is 0 Å². The fourth-order valence-corrected chi connectivity index (χ4v) is 2.76. The first kappa shape index (κ1) is 10.7. The van der Waals surface area contributed by atoms with E-state index >= 15 is 0 Å². The summed E-state index contributed by atoms with van der Waals surface area (Å²) in [6, 6.07) is 5.10. The van der Waals surface area contributed by atoms with Crippen molar-refractivity contribution in [3.63, 3.8) is 0 Å². The van der Waals surface area contributed by atoms with Gasteiger partial charge in [0.05, 0.1) is 11.1 Å². The summed E-state index contributed by atoms with van der Waals surface area (Å²) in [6.07, 6.45) is 2.19. The molecule has 2 heterocycles. The number of hydrogen-bond donors (Lipinski definition) is 1. The van der Waals surface area contributed by atoms with Crippen LogP contribution in [0.15, 0.2) is 18.2 Å². The number of fused-ring (bicyclic) bond motifs is 1. The van der Waals surface area contributed by atoms with Crippen molar-refractivity contribution in [2.75, 3.05) is 6.54 Å². The van der Waals surface area contributed by atoms with E-state index < -0.39 is 0 Å². The van der Waals surface area contributed by atoms with E-state index in [0.717, 1.165) is 30.7 Å². The zero-order valence-corrected chi connectivity index (χ0v) is 10.1. The first-order valence-corrected chi connectivity index (χ1v) is 5.98. The fourth-order valence-electron chi connectivity index (χ4n) is 2.76. The molecule has 90 valence electrons. The molecule has 3 rings (SSSR count). The lowest BCUT2D eigenvalue weighted by Crippen LogP contribution is -2.35. The molecule has 0 radical (unpaired) electrons. The summed E-state index contributed by atoms with van der Waals surface area (Å²) in [7, 11) is 1.95. The van der Waals surface area contributed by atoms with Gasteiger partial charge in [-0.05, 0) is 38.4 Å². The third kappa shape index (κ3) is 1.47. The van der Waals surface area contributed by atoms with Gasteiger partial charge in [0.15, 0.2) is 5.82 Å². The van der Waals surface area contributed by atoms with Crippen LogP contribution in [0.2, 0.25) is 0 Å². The van der Waals surface area contributed by atoms with Crippen LogP contribution < -0.4 is 5.32 Å². The lowest BCUT2D eigenvalue weighted by Gasteiger charge is -2.23. The molecule has 17 heavy (non-hydrogen) atoms. The predicted octanol–water partition coefficient (Wildman–Crippen LogP) is 2.31. The van der Waals surface area contributed by atoms with Crippen LogP contribution in [0.4, 0.5) is 4.39 Å². The summed E-state index contributed by atoms with van der Waals surface area (Å²) in [5.74, 6) is 0.682. The quantitative estimate of drug-likeness (QED) is 0.819. The van der Waals surface area contributed by atoms with Crippen LogP contribution in [0, 0.1) is 5.82 Å². The second-order valence-corrected chi connectivity index (χ2v) is 4.96. The van der Waals surface area contributed by atoms with Crippen molar-refractivity contribution in [2.45, 2.75) is 25.3 Å². The molecule has 4 heteroatoms. The highest BCUT2D eigenvalue weighted by Gasteiger charge is 2.34. The van der Waals surface area contributed by atoms with Crippen LogP contribution in [-0.4, -0.2) is 16.1 Å². The molecule has 2 aromatic rings. The van der Waals surface area contributed by atoms with Crippen LogP contribution in [0.1, 0.15) is 25.6 Å². The molecule has 0 amide bonds. The predicted molar refractivity (Wildman–Crippen MR) is 65.3 cm³/mol. The number of rotatable bonds is 1. The molecular weight excluding hydrogens is 217 g/mol. The van der Waals surface area contributed by atoms with Crippen molar-refractivity contribution < 1.29 is 4.39 Å². The number of imidazole rings is 1. The maximum absolute atomic E-state index is 13.7. The topological polar surface area (TPSA) is 29.9 Å². The van der Waals surface area contributed by atoms with E-state index in [-0.39, 0.29) is 11.4 Å². The zero-order valence-electron chi connectivity index (χ0n) is 10.1. The summed E-state index contributed by atoms with van der Waals surface area (Å²) in [4.78, 5) is 4.49. The van der Waals surface area contributed by atoms with E-state index in [9.17, 15) is 4.39 Å². The zero-order chi connectivity index (χ0) is 12.0. The van der Waals surface area contributed by atoms with Gasteiger partial charge in [-0.3, -0.25) is 0 Å². The highest BCUT2D eigenvalue weighted by atomic mass is 19.1. The first-order chi connectivity index (χ1) is 8.12. The van der Waals surface area contributed by atoms with Crippen LogP contribution in [0.3, 0.4) is 0 Å². The summed E-state index contributed by atoms with van der Waals surface area (Å²) < 4.78 is 15.7. The Labute approximate surface area is 99.7 Å². The molecule has 0 aliphatic carbocycles. The molecule has 1 aliphatic heterocycles. The molecule has 1 aliphatic rings. The highest BCUT2D eigenvalue weighted by Crippen LogP contribution is 2.31. The largest absolute Gasteiger partial charge is 0.329 e. The molecule has 1 aromatic carbocycles. The third-order valence-corrected chi connectivity index (χ3v) is 3.72. The molecule has 1 N–H and O–H groups in total. The minimum absolute atomic E-state index is 0.125. The van der Waals surface area contributed by atoms with Crippen molar-refractivity contribution in [3.8, 4) is 0 Å². The Morgan fingerprint density at radius 1 is 1.47 bits per heavy atom. The Hall–Kier alpha value is -1.42. The lowest BCUT2D eigenvalue weighted by molar-refractivity contribution is 0.397. The lowest BCUT2D eigenvalue weighted by atomic mass is 9.99. The van der Waals surface area contributed by atoms with Crippen molar-refractivity contribution in [1.82, 2.24) is 14.9 Å². The fraction of sp³-hybridized carbons (Fsp3) is 0.462. The number of hydrogen-bond acceptors (Lipinski definition) is 2. The first-order valence-electron chi connectivity index (χ1n) is 5.98. The van der Waals surface area contributed by atoms with E-state index in [2.05, 4.69) is 17.2 Å². The van der Waals surface area contributed by atoms with Gasteiger partial charge in [-0.2, -0.15) is 0 Å². The molecular formula is C13H16FN3. The van der Waals surface area contributed by atoms with Gasteiger partial charge >= 0.3 is 0 Å². The van der Waals surface area contributed by atoms with E-state index in [0.29, 0.717) is 5.52 Å². The molecule has 1 atom stereocenters. The highest BCUT2D eigenvalue weighted by molar-refractivity contribution is 5.76. The number of benzene rings is 1. The molecule has 3 nitrogen and oxygen atoms in total. The van der Waals surface area contributed by atoms with Crippen molar-refractivity contribution in [3.05, 3.63) is 29.8 Å². The van der Waals surface area contributed by atoms with Crippen LogP contribution in [-0.2, 0) is 12.6 Å².